The highest BCUT2D eigenvalue weighted by Gasteiger charge is 2.15. The number of nitrogens with two attached hydrogens (primary N) is 1. The number of nitriles is 2. The standard InChI is InChI=1S/C27H22N6/c1-16(11-12-28)20-13-17(2)24(18(3)14-20)22-5-4-6-23-25(22)32-27(33-26(23)30)31-21-9-7-19(15-29)8-10-21/h4-10,13-14H,1,11H2,2-3H3,(H3,30,31,32,33). The Bertz CT molecular complexity index is 1450. The number of para-hydroxylation sites is 1. The summed E-state index contributed by atoms with van der Waals surface area (Å²) in [6, 6.07) is 21.3. The molecule has 4 aromatic rings. The van der Waals surface area contributed by atoms with Gasteiger partial charge in [-0.25, -0.2) is 4.98 Å². The lowest BCUT2D eigenvalue weighted by Gasteiger charge is -2.16. The van der Waals surface area contributed by atoms with Crippen molar-refractivity contribution in [3.63, 3.8) is 0 Å². The molecule has 0 aliphatic heterocycles. The maximum absolute atomic E-state index is 9.01. The van der Waals surface area contributed by atoms with Gasteiger partial charge in [-0.1, -0.05) is 30.8 Å². The van der Waals surface area contributed by atoms with Crippen LogP contribution >= 0.6 is 0 Å². The van der Waals surface area contributed by atoms with Crippen molar-refractivity contribution in [2.45, 2.75) is 20.3 Å². The van der Waals surface area contributed by atoms with Gasteiger partial charge in [-0.3, -0.25) is 0 Å². The second-order valence-electron chi connectivity index (χ2n) is 7.87. The van der Waals surface area contributed by atoms with Gasteiger partial charge < -0.3 is 11.1 Å². The Kier molecular flexibility index (Phi) is 5.76. The lowest BCUT2D eigenvalue weighted by molar-refractivity contribution is 1.22. The van der Waals surface area contributed by atoms with Gasteiger partial charge in [0.15, 0.2) is 0 Å². The molecule has 160 valence electrons. The number of benzene rings is 3. The first-order valence-electron chi connectivity index (χ1n) is 10.4. The molecule has 0 aliphatic rings. The van der Waals surface area contributed by atoms with Gasteiger partial charge in [-0.05, 0) is 72.0 Å². The van der Waals surface area contributed by atoms with Crippen LogP contribution in [0.2, 0.25) is 0 Å². The van der Waals surface area contributed by atoms with Gasteiger partial charge in [-0.15, -0.1) is 0 Å². The summed E-state index contributed by atoms with van der Waals surface area (Å²) in [5.74, 6) is 0.763. The van der Waals surface area contributed by atoms with Crippen molar-refractivity contribution in [2.75, 3.05) is 11.1 Å². The highest BCUT2D eigenvalue weighted by molar-refractivity contribution is 6.00. The highest BCUT2D eigenvalue weighted by Crippen LogP contribution is 2.36. The van der Waals surface area contributed by atoms with E-state index in [4.69, 9.17) is 21.2 Å². The van der Waals surface area contributed by atoms with Crippen LogP contribution in [0.25, 0.3) is 27.6 Å². The molecule has 0 saturated carbocycles. The smallest absolute Gasteiger partial charge is 0.229 e. The number of nitrogen functional groups attached to an aromatic ring is 1. The molecule has 3 N–H and O–H groups in total. The van der Waals surface area contributed by atoms with Gasteiger partial charge in [0.05, 0.1) is 29.6 Å². The molecule has 3 aromatic carbocycles. The summed E-state index contributed by atoms with van der Waals surface area (Å²) in [6.07, 6.45) is 0.292. The number of rotatable bonds is 5. The summed E-state index contributed by atoms with van der Waals surface area (Å²) in [5, 5.41) is 22.0. The normalized spacial score (nSPS) is 10.4. The Morgan fingerprint density at radius 3 is 2.36 bits per heavy atom. The van der Waals surface area contributed by atoms with Crippen LogP contribution < -0.4 is 11.1 Å². The first kappa shape index (κ1) is 21.5. The summed E-state index contributed by atoms with van der Waals surface area (Å²) >= 11 is 0. The number of fused-ring (bicyclic) bond motifs is 1. The minimum absolute atomic E-state index is 0.292. The number of anilines is 3. The molecule has 0 spiro atoms. The fourth-order valence-corrected chi connectivity index (χ4v) is 3.98. The summed E-state index contributed by atoms with van der Waals surface area (Å²) in [5.41, 5.74) is 14.3. The number of aromatic nitrogens is 2. The molecule has 4 rings (SSSR count). The molecule has 0 atom stereocenters. The summed E-state index contributed by atoms with van der Waals surface area (Å²) in [4.78, 5) is 9.22. The minimum Gasteiger partial charge on any atom is -0.383 e. The van der Waals surface area contributed by atoms with Crippen LogP contribution in [0.5, 0.6) is 0 Å². The van der Waals surface area contributed by atoms with Crippen LogP contribution in [0, 0.1) is 36.5 Å². The van der Waals surface area contributed by atoms with Gasteiger partial charge in [0.2, 0.25) is 5.95 Å². The van der Waals surface area contributed by atoms with Crippen molar-refractivity contribution < 1.29 is 0 Å². The van der Waals surface area contributed by atoms with Crippen LogP contribution in [0.1, 0.15) is 28.7 Å². The van der Waals surface area contributed by atoms with Gasteiger partial charge in [-0.2, -0.15) is 15.5 Å². The van der Waals surface area contributed by atoms with Crippen molar-refractivity contribution in [3.05, 3.63) is 83.4 Å². The van der Waals surface area contributed by atoms with E-state index >= 15 is 0 Å². The number of nitrogens with zero attached hydrogens (tertiary/aromatic N) is 4. The van der Waals surface area contributed by atoms with Crippen LogP contribution in [0.15, 0.2) is 61.2 Å². The predicted octanol–water partition coefficient (Wildman–Crippen LogP) is 6.04. The van der Waals surface area contributed by atoms with Crippen molar-refractivity contribution in [3.8, 4) is 23.3 Å². The average Bonchev–Trinajstić information content (AvgIpc) is 2.79. The molecule has 1 heterocycles. The summed E-state index contributed by atoms with van der Waals surface area (Å²) < 4.78 is 0. The monoisotopic (exact) mass is 430 g/mol. The van der Waals surface area contributed by atoms with E-state index in [9.17, 15) is 0 Å². The van der Waals surface area contributed by atoms with E-state index in [2.05, 4.69) is 41.2 Å². The van der Waals surface area contributed by atoms with E-state index in [1.165, 1.54) is 0 Å². The second-order valence-corrected chi connectivity index (χ2v) is 7.87. The summed E-state index contributed by atoms with van der Waals surface area (Å²) in [7, 11) is 0. The van der Waals surface area contributed by atoms with Crippen LogP contribution in [-0.4, -0.2) is 9.97 Å². The van der Waals surface area contributed by atoms with Gasteiger partial charge in [0.1, 0.15) is 5.82 Å². The molecule has 6 nitrogen and oxygen atoms in total. The number of nitrogens with one attached hydrogen (secondary N) is 1. The molecule has 0 unspecified atom stereocenters. The van der Waals surface area contributed by atoms with E-state index in [1.54, 1.807) is 24.3 Å². The highest BCUT2D eigenvalue weighted by atomic mass is 15.1. The minimum atomic E-state index is 0.292. The SMILES string of the molecule is C=C(CC#N)c1cc(C)c(-c2cccc3c(N)nc(Nc4ccc(C#N)cc4)nc23)c(C)c1. The van der Waals surface area contributed by atoms with Gasteiger partial charge in [0.25, 0.3) is 0 Å². The molecular formula is C27H22N6. The topological polar surface area (TPSA) is 111 Å². The lowest BCUT2D eigenvalue weighted by Crippen LogP contribution is -2.03. The quantitative estimate of drug-likeness (QED) is 0.399. The number of hydrogen-bond donors (Lipinski definition) is 2. The van der Waals surface area contributed by atoms with Gasteiger partial charge in [0, 0.05) is 16.6 Å². The molecule has 1 aromatic heterocycles. The van der Waals surface area contributed by atoms with E-state index in [1.807, 2.05) is 32.0 Å². The Morgan fingerprint density at radius 2 is 1.73 bits per heavy atom. The Hall–Kier alpha value is -4.68. The van der Waals surface area contributed by atoms with Crippen LogP contribution in [0.3, 0.4) is 0 Å². The Balaban J connectivity index is 1.83. The van der Waals surface area contributed by atoms with E-state index in [0.717, 1.165) is 50.0 Å². The molecule has 0 radical (unpaired) electrons. The largest absolute Gasteiger partial charge is 0.383 e. The zero-order valence-electron chi connectivity index (χ0n) is 18.5. The summed E-state index contributed by atoms with van der Waals surface area (Å²) in [6.45, 7) is 8.13. The number of hydrogen-bond acceptors (Lipinski definition) is 6. The number of aryl methyl sites for hydroxylation is 2. The molecule has 6 heteroatoms. The van der Waals surface area contributed by atoms with Crippen molar-refractivity contribution in [1.82, 2.24) is 9.97 Å². The predicted molar refractivity (Wildman–Crippen MR) is 133 cm³/mol. The first-order valence-corrected chi connectivity index (χ1v) is 10.4. The molecule has 0 amide bonds. The van der Waals surface area contributed by atoms with E-state index < -0.39 is 0 Å². The van der Waals surface area contributed by atoms with Gasteiger partial charge >= 0.3 is 0 Å². The zero-order chi connectivity index (χ0) is 23.5. The molecule has 0 bridgehead atoms. The molecule has 0 saturated heterocycles. The third-order valence-electron chi connectivity index (χ3n) is 5.53. The van der Waals surface area contributed by atoms with Crippen LogP contribution in [0.4, 0.5) is 17.5 Å². The van der Waals surface area contributed by atoms with Crippen LogP contribution in [-0.2, 0) is 0 Å². The third kappa shape index (κ3) is 4.23. The molecule has 0 fully saturated rings. The van der Waals surface area contributed by atoms with Crippen molar-refractivity contribution in [1.29, 1.82) is 10.5 Å². The maximum Gasteiger partial charge on any atom is 0.229 e. The molecular weight excluding hydrogens is 408 g/mol. The molecule has 0 aliphatic carbocycles. The first-order chi connectivity index (χ1) is 15.9. The molecule has 33 heavy (non-hydrogen) atoms. The zero-order valence-corrected chi connectivity index (χ0v) is 18.5. The lowest BCUT2D eigenvalue weighted by atomic mass is 9.90. The third-order valence-corrected chi connectivity index (χ3v) is 5.53. The van der Waals surface area contributed by atoms with E-state index in [-0.39, 0.29) is 0 Å². The average molecular weight is 431 g/mol. The van der Waals surface area contributed by atoms with Crippen molar-refractivity contribution in [2.24, 2.45) is 0 Å². The fourth-order valence-electron chi connectivity index (χ4n) is 3.98. The van der Waals surface area contributed by atoms with Crippen molar-refractivity contribution >= 4 is 33.9 Å². The fraction of sp³-hybridized carbons (Fsp3) is 0.111. The van der Waals surface area contributed by atoms with E-state index in [0.29, 0.717) is 23.8 Å². The maximum atomic E-state index is 9.01. The Morgan fingerprint density at radius 1 is 1.03 bits per heavy atom. The number of allylic oxidation sites excluding steroid dienone is 1. The second kappa shape index (κ2) is 8.82. The Labute approximate surface area is 192 Å².